The fraction of sp³-hybridized carbons (Fsp3) is 0.769. The molecular formula is C26H42O6. The average Bonchev–Trinajstić information content (AvgIpc) is 2.72. The molecule has 0 aromatic carbocycles. The first-order valence-corrected chi connectivity index (χ1v) is 12.2. The van der Waals surface area contributed by atoms with E-state index in [2.05, 4.69) is 13.0 Å². The first-order valence-electron chi connectivity index (χ1n) is 12.2. The number of fused-ring (bicyclic) bond motifs is 1. The molecule has 0 aromatic heterocycles. The van der Waals surface area contributed by atoms with Crippen molar-refractivity contribution in [3.8, 4) is 0 Å². The van der Waals surface area contributed by atoms with Gasteiger partial charge in [-0.1, -0.05) is 52.8 Å². The van der Waals surface area contributed by atoms with E-state index in [1.807, 2.05) is 26.0 Å². The van der Waals surface area contributed by atoms with Gasteiger partial charge < -0.3 is 20.1 Å². The van der Waals surface area contributed by atoms with Crippen LogP contribution in [0.3, 0.4) is 0 Å². The van der Waals surface area contributed by atoms with Crippen molar-refractivity contribution in [1.29, 1.82) is 0 Å². The van der Waals surface area contributed by atoms with Gasteiger partial charge in [-0.25, -0.2) is 0 Å². The number of rotatable bonds is 11. The smallest absolute Gasteiger partial charge is 0.308 e. The Kier molecular flexibility index (Phi) is 10.1. The highest BCUT2D eigenvalue weighted by Crippen LogP contribution is 2.44. The van der Waals surface area contributed by atoms with Crippen LogP contribution < -0.4 is 0 Å². The molecule has 2 rings (SSSR count). The predicted molar refractivity (Wildman–Crippen MR) is 124 cm³/mol. The Morgan fingerprint density at radius 3 is 2.50 bits per heavy atom. The molecule has 3 N–H and O–H groups in total. The number of aliphatic hydroxyl groups excluding tert-OH is 3. The molecule has 32 heavy (non-hydrogen) atoms. The number of aliphatic hydroxyl groups is 3. The summed E-state index contributed by atoms with van der Waals surface area (Å²) in [6.45, 7) is 9.54. The predicted octanol–water partition coefficient (Wildman–Crippen LogP) is 3.58. The zero-order valence-electron chi connectivity index (χ0n) is 20.2. The van der Waals surface area contributed by atoms with Crippen LogP contribution in [-0.2, 0) is 14.3 Å². The Morgan fingerprint density at radius 1 is 1.19 bits per heavy atom. The van der Waals surface area contributed by atoms with Crippen molar-refractivity contribution in [2.45, 2.75) is 97.6 Å². The van der Waals surface area contributed by atoms with Gasteiger partial charge in [0, 0.05) is 24.7 Å². The Labute approximate surface area is 192 Å². The van der Waals surface area contributed by atoms with Crippen LogP contribution in [0, 0.1) is 29.6 Å². The van der Waals surface area contributed by atoms with Crippen LogP contribution in [0.25, 0.3) is 0 Å². The number of carbonyl (C=O) groups excluding carboxylic acids is 2. The van der Waals surface area contributed by atoms with Crippen LogP contribution in [0.15, 0.2) is 23.8 Å². The molecule has 0 fully saturated rings. The number of allylic oxidation sites excluding steroid dienone is 2. The van der Waals surface area contributed by atoms with E-state index in [0.717, 1.165) is 5.57 Å². The van der Waals surface area contributed by atoms with Crippen molar-refractivity contribution in [2.75, 3.05) is 0 Å². The van der Waals surface area contributed by atoms with Gasteiger partial charge in [-0.15, -0.1) is 0 Å². The van der Waals surface area contributed by atoms with Crippen molar-refractivity contribution >= 4 is 11.8 Å². The van der Waals surface area contributed by atoms with Crippen molar-refractivity contribution in [3.05, 3.63) is 23.8 Å². The molecule has 0 heterocycles. The minimum atomic E-state index is -0.840. The molecule has 0 saturated heterocycles. The van der Waals surface area contributed by atoms with Crippen LogP contribution in [0.4, 0.5) is 0 Å². The highest BCUT2D eigenvalue weighted by atomic mass is 16.5. The molecule has 0 spiro atoms. The van der Waals surface area contributed by atoms with Gasteiger partial charge >= 0.3 is 5.97 Å². The molecule has 0 unspecified atom stereocenters. The molecule has 182 valence electrons. The zero-order valence-corrected chi connectivity index (χ0v) is 20.2. The van der Waals surface area contributed by atoms with Crippen molar-refractivity contribution in [1.82, 2.24) is 0 Å². The second-order valence-electron chi connectivity index (χ2n) is 10.1. The third-order valence-corrected chi connectivity index (χ3v) is 7.11. The van der Waals surface area contributed by atoms with Crippen molar-refractivity contribution in [2.24, 2.45) is 29.6 Å². The average molecular weight is 451 g/mol. The fourth-order valence-corrected chi connectivity index (χ4v) is 4.79. The van der Waals surface area contributed by atoms with E-state index in [4.69, 9.17) is 4.74 Å². The van der Waals surface area contributed by atoms with Crippen LogP contribution >= 0.6 is 0 Å². The van der Waals surface area contributed by atoms with Crippen LogP contribution in [-0.4, -0.2) is 51.5 Å². The normalized spacial score (nSPS) is 30.3. The largest absolute Gasteiger partial charge is 0.461 e. The van der Waals surface area contributed by atoms with Crippen LogP contribution in [0.1, 0.15) is 73.1 Å². The zero-order chi connectivity index (χ0) is 24.0. The summed E-state index contributed by atoms with van der Waals surface area (Å²) >= 11 is 0. The molecule has 0 bridgehead atoms. The number of hydrogen-bond donors (Lipinski definition) is 3. The molecule has 0 aromatic rings. The molecule has 2 aliphatic rings. The summed E-state index contributed by atoms with van der Waals surface area (Å²) in [6, 6.07) is 0. The Hall–Kier alpha value is -1.50. The van der Waals surface area contributed by atoms with E-state index in [-0.39, 0.29) is 54.2 Å². The molecule has 6 nitrogen and oxygen atoms in total. The van der Waals surface area contributed by atoms with Crippen LogP contribution in [0.2, 0.25) is 0 Å². The fourth-order valence-electron chi connectivity index (χ4n) is 4.79. The Bertz CT molecular complexity index is 696. The molecule has 8 atom stereocenters. The molecule has 0 amide bonds. The van der Waals surface area contributed by atoms with Gasteiger partial charge in [0.1, 0.15) is 11.9 Å². The second kappa shape index (κ2) is 12.1. The van der Waals surface area contributed by atoms with Crippen molar-refractivity contribution < 1.29 is 29.6 Å². The maximum Gasteiger partial charge on any atom is 0.308 e. The summed E-state index contributed by atoms with van der Waals surface area (Å²) in [5.74, 6) is -0.186. The van der Waals surface area contributed by atoms with Gasteiger partial charge in [0.25, 0.3) is 0 Å². The van der Waals surface area contributed by atoms with Gasteiger partial charge in [0.05, 0.1) is 24.2 Å². The summed E-state index contributed by atoms with van der Waals surface area (Å²) in [4.78, 5) is 24.3. The number of Topliss-reactive ketones (excluding diaryl/α,β-unsaturated/α-hetero) is 1. The summed E-state index contributed by atoms with van der Waals surface area (Å²) in [5.41, 5.74) is 0.992. The van der Waals surface area contributed by atoms with Gasteiger partial charge in [0.2, 0.25) is 0 Å². The lowest BCUT2D eigenvalue weighted by molar-refractivity contribution is -0.159. The first kappa shape index (κ1) is 26.7. The lowest BCUT2D eigenvalue weighted by atomic mass is 9.66. The molecule has 6 heteroatoms. The Balaban J connectivity index is 2.05. The van der Waals surface area contributed by atoms with E-state index in [9.17, 15) is 24.9 Å². The summed E-state index contributed by atoms with van der Waals surface area (Å²) in [5, 5.41) is 31.0. The number of ketones is 1. The summed E-state index contributed by atoms with van der Waals surface area (Å²) < 4.78 is 5.89. The van der Waals surface area contributed by atoms with Gasteiger partial charge in [-0.3, -0.25) is 9.59 Å². The minimum Gasteiger partial charge on any atom is -0.461 e. The van der Waals surface area contributed by atoms with E-state index < -0.39 is 24.4 Å². The molecule has 0 saturated carbocycles. The highest BCUT2D eigenvalue weighted by Gasteiger charge is 2.42. The second-order valence-corrected chi connectivity index (χ2v) is 10.1. The quantitative estimate of drug-likeness (QED) is 0.416. The SMILES string of the molecule is CC[C@H](C)C(=O)O[C@H]1C[C@H](O)C=C2C=C[C@H](C)[C@H](CC[C@@H](O)C[C@@H](O)CC(=O)C(C)C)[C@H]21. The lowest BCUT2D eigenvalue weighted by Gasteiger charge is -2.43. The monoisotopic (exact) mass is 450 g/mol. The van der Waals surface area contributed by atoms with Crippen LogP contribution in [0.5, 0.6) is 0 Å². The molecular weight excluding hydrogens is 408 g/mol. The third kappa shape index (κ3) is 7.26. The lowest BCUT2D eigenvalue weighted by Crippen LogP contribution is -2.43. The standard InChI is InChI=1S/C26H42O6/c1-6-16(4)26(31)32-24-14-20(28)11-18-8-7-17(5)22(25(18)24)10-9-19(27)12-21(29)13-23(30)15(2)3/h7-8,11,15-17,19-22,24-25,27-29H,6,9-10,12-14H2,1-5H3/t16-,17-,19+,20+,21+,22-,24-,25-/m0/s1. The number of carbonyl (C=O) groups is 2. The first-order chi connectivity index (χ1) is 15.0. The highest BCUT2D eigenvalue weighted by molar-refractivity contribution is 5.80. The molecule has 2 aliphatic carbocycles. The molecule has 0 aliphatic heterocycles. The third-order valence-electron chi connectivity index (χ3n) is 7.11. The summed E-state index contributed by atoms with van der Waals surface area (Å²) in [7, 11) is 0. The van der Waals surface area contributed by atoms with Gasteiger partial charge in [-0.05, 0) is 43.1 Å². The number of hydrogen-bond acceptors (Lipinski definition) is 6. The summed E-state index contributed by atoms with van der Waals surface area (Å²) in [6.07, 6.45) is 5.93. The maximum atomic E-state index is 12.5. The maximum absolute atomic E-state index is 12.5. The number of ether oxygens (including phenoxy) is 1. The van der Waals surface area contributed by atoms with Gasteiger partial charge in [-0.2, -0.15) is 0 Å². The van der Waals surface area contributed by atoms with E-state index in [1.165, 1.54) is 0 Å². The van der Waals surface area contributed by atoms with Crippen molar-refractivity contribution in [3.63, 3.8) is 0 Å². The van der Waals surface area contributed by atoms with E-state index in [0.29, 0.717) is 25.7 Å². The van der Waals surface area contributed by atoms with Gasteiger partial charge in [0.15, 0.2) is 0 Å². The number of esters is 1. The topological polar surface area (TPSA) is 104 Å². The minimum absolute atomic E-state index is 0.00255. The molecule has 0 radical (unpaired) electrons. The Morgan fingerprint density at radius 2 is 1.88 bits per heavy atom. The van der Waals surface area contributed by atoms with E-state index in [1.54, 1.807) is 13.8 Å². The van der Waals surface area contributed by atoms with E-state index >= 15 is 0 Å².